The lowest BCUT2D eigenvalue weighted by Crippen LogP contribution is -2.38. The van der Waals surface area contributed by atoms with E-state index in [0.29, 0.717) is 13.0 Å². The fraction of sp³-hybridized carbons (Fsp3) is 0.625. The summed E-state index contributed by atoms with van der Waals surface area (Å²) in [5.74, 6) is 2.36. The van der Waals surface area contributed by atoms with Gasteiger partial charge in [0.15, 0.2) is 0 Å². The van der Waals surface area contributed by atoms with E-state index in [1.165, 1.54) is 0 Å². The van der Waals surface area contributed by atoms with Crippen molar-refractivity contribution in [3.05, 3.63) is 0 Å². The van der Waals surface area contributed by atoms with Gasteiger partial charge in [-0.05, 0) is 13.3 Å². The number of nitrogens with two attached hydrogens (primary N) is 1. The molecule has 62 valence electrons. The zero-order valence-electron chi connectivity index (χ0n) is 6.76. The second kappa shape index (κ2) is 5.75. The molecule has 0 spiro atoms. The summed E-state index contributed by atoms with van der Waals surface area (Å²) >= 11 is 0. The summed E-state index contributed by atoms with van der Waals surface area (Å²) in [6.45, 7) is 2.26. The Morgan fingerprint density at radius 1 is 1.82 bits per heavy atom. The number of hydrogen-bond donors (Lipinski definition) is 2. The molecule has 0 aromatic rings. The number of nitrogens with one attached hydrogen (secondary N) is 1. The third-order valence-corrected chi connectivity index (χ3v) is 1.21. The van der Waals surface area contributed by atoms with Crippen LogP contribution in [0.4, 0.5) is 0 Å². The van der Waals surface area contributed by atoms with Gasteiger partial charge < -0.3 is 11.1 Å². The normalized spacial score (nSPS) is 11.7. The maximum Gasteiger partial charge on any atom is 0.236 e. The van der Waals surface area contributed by atoms with E-state index in [9.17, 15) is 4.79 Å². The third-order valence-electron chi connectivity index (χ3n) is 1.21. The van der Waals surface area contributed by atoms with E-state index in [2.05, 4.69) is 11.2 Å². The molecule has 0 fully saturated rings. The van der Waals surface area contributed by atoms with Crippen LogP contribution in [-0.2, 0) is 4.79 Å². The van der Waals surface area contributed by atoms with Crippen molar-refractivity contribution in [3.63, 3.8) is 0 Å². The van der Waals surface area contributed by atoms with Gasteiger partial charge in [0.05, 0.1) is 6.04 Å². The van der Waals surface area contributed by atoms with Gasteiger partial charge in [0.1, 0.15) is 0 Å². The molecule has 0 heterocycles. The summed E-state index contributed by atoms with van der Waals surface area (Å²) in [6.07, 6.45) is 6.53. The van der Waals surface area contributed by atoms with Crippen molar-refractivity contribution < 1.29 is 4.79 Å². The Labute approximate surface area is 67.3 Å². The molecule has 0 aliphatic rings. The van der Waals surface area contributed by atoms with Crippen LogP contribution in [0.15, 0.2) is 0 Å². The van der Waals surface area contributed by atoms with Crippen LogP contribution in [0.3, 0.4) is 0 Å². The Balaban J connectivity index is 3.26. The monoisotopic (exact) mass is 154 g/mol. The Hall–Kier alpha value is -1.01. The summed E-state index contributed by atoms with van der Waals surface area (Å²) in [4.78, 5) is 10.8. The molecule has 1 amide bonds. The molecule has 0 aromatic carbocycles. The van der Waals surface area contributed by atoms with Crippen LogP contribution in [0.5, 0.6) is 0 Å². The van der Waals surface area contributed by atoms with E-state index in [-0.39, 0.29) is 5.91 Å². The maximum absolute atomic E-state index is 10.8. The molecule has 0 saturated carbocycles. The summed E-state index contributed by atoms with van der Waals surface area (Å²) < 4.78 is 0. The fourth-order valence-electron chi connectivity index (χ4n) is 0.563. The topological polar surface area (TPSA) is 55.1 Å². The first-order valence-corrected chi connectivity index (χ1v) is 3.65. The highest BCUT2D eigenvalue weighted by molar-refractivity contribution is 5.80. The van der Waals surface area contributed by atoms with Crippen molar-refractivity contribution in [2.24, 2.45) is 5.73 Å². The van der Waals surface area contributed by atoms with Crippen molar-refractivity contribution in [1.82, 2.24) is 5.32 Å². The molecule has 0 aliphatic carbocycles. The minimum absolute atomic E-state index is 0.123. The first-order chi connectivity index (χ1) is 5.18. The molecule has 3 N–H and O–H groups in total. The lowest BCUT2D eigenvalue weighted by Gasteiger charge is -2.05. The van der Waals surface area contributed by atoms with Gasteiger partial charge in [-0.15, -0.1) is 12.3 Å². The number of rotatable bonds is 4. The van der Waals surface area contributed by atoms with E-state index in [1.807, 2.05) is 0 Å². The summed E-state index contributed by atoms with van der Waals surface area (Å²) in [5.41, 5.74) is 5.30. The maximum atomic E-state index is 10.8. The molecule has 1 atom stereocenters. The molecule has 0 aliphatic heterocycles. The van der Waals surface area contributed by atoms with Gasteiger partial charge in [-0.1, -0.05) is 0 Å². The minimum atomic E-state index is -0.430. The number of carbonyl (C=O) groups excluding carboxylic acids is 1. The molecular weight excluding hydrogens is 140 g/mol. The van der Waals surface area contributed by atoms with Crippen LogP contribution in [0.2, 0.25) is 0 Å². The molecule has 3 heteroatoms. The van der Waals surface area contributed by atoms with Crippen molar-refractivity contribution in [2.45, 2.75) is 25.8 Å². The van der Waals surface area contributed by atoms with Crippen LogP contribution in [0, 0.1) is 12.3 Å². The first-order valence-electron chi connectivity index (χ1n) is 3.65. The van der Waals surface area contributed by atoms with E-state index < -0.39 is 6.04 Å². The Bertz CT molecular complexity index is 158. The highest BCUT2D eigenvalue weighted by atomic mass is 16.2. The van der Waals surface area contributed by atoms with Gasteiger partial charge in [-0.25, -0.2) is 0 Å². The number of hydrogen-bond acceptors (Lipinski definition) is 2. The van der Waals surface area contributed by atoms with Crippen molar-refractivity contribution in [3.8, 4) is 12.3 Å². The van der Waals surface area contributed by atoms with Crippen LogP contribution in [0.25, 0.3) is 0 Å². The number of carbonyl (C=O) groups is 1. The predicted octanol–water partition coefficient (Wildman–Crippen LogP) is -0.137. The Kier molecular flexibility index (Phi) is 5.22. The standard InChI is InChI=1S/C8H14N2O/c1-3-4-5-6-10-8(11)7(2)9/h1,7H,4-6,9H2,2H3,(H,10,11). The van der Waals surface area contributed by atoms with Crippen LogP contribution >= 0.6 is 0 Å². The van der Waals surface area contributed by atoms with E-state index in [4.69, 9.17) is 12.2 Å². The van der Waals surface area contributed by atoms with Gasteiger partial charge in [0.25, 0.3) is 0 Å². The van der Waals surface area contributed by atoms with Gasteiger partial charge in [0, 0.05) is 13.0 Å². The van der Waals surface area contributed by atoms with Gasteiger partial charge in [-0.2, -0.15) is 0 Å². The van der Waals surface area contributed by atoms with Gasteiger partial charge in [0.2, 0.25) is 5.91 Å². The third kappa shape index (κ3) is 5.43. The number of terminal acetylenes is 1. The molecule has 0 saturated heterocycles. The summed E-state index contributed by atoms with van der Waals surface area (Å²) in [7, 11) is 0. The van der Waals surface area contributed by atoms with Crippen molar-refractivity contribution >= 4 is 5.91 Å². The van der Waals surface area contributed by atoms with E-state index in [0.717, 1.165) is 6.42 Å². The average molecular weight is 154 g/mol. The molecule has 0 rings (SSSR count). The van der Waals surface area contributed by atoms with Crippen LogP contribution < -0.4 is 11.1 Å². The zero-order valence-corrected chi connectivity index (χ0v) is 6.76. The van der Waals surface area contributed by atoms with E-state index >= 15 is 0 Å². The molecular formula is C8H14N2O. The predicted molar refractivity (Wildman–Crippen MR) is 44.7 cm³/mol. The smallest absolute Gasteiger partial charge is 0.236 e. The highest BCUT2D eigenvalue weighted by Gasteiger charge is 2.04. The van der Waals surface area contributed by atoms with Crippen LogP contribution in [0.1, 0.15) is 19.8 Å². The lowest BCUT2D eigenvalue weighted by atomic mass is 10.3. The van der Waals surface area contributed by atoms with E-state index in [1.54, 1.807) is 6.92 Å². The Morgan fingerprint density at radius 3 is 2.91 bits per heavy atom. The zero-order chi connectivity index (χ0) is 8.69. The molecule has 1 unspecified atom stereocenters. The molecule has 0 radical (unpaired) electrons. The molecule has 11 heavy (non-hydrogen) atoms. The summed E-state index contributed by atoms with van der Waals surface area (Å²) in [6, 6.07) is -0.430. The summed E-state index contributed by atoms with van der Waals surface area (Å²) in [5, 5.41) is 2.66. The molecule has 0 bridgehead atoms. The highest BCUT2D eigenvalue weighted by Crippen LogP contribution is 1.83. The second-order valence-corrected chi connectivity index (χ2v) is 2.39. The Morgan fingerprint density at radius 2 is 2.45 bits per heavy atom. The number of unbranched alkanes of at least 4 members (excludes halogenated alkanes) is 1. The second-order valence-electron chi connectivity index (χ2n) is 2.39. The number of amides is 1. The molecule has 0 aromatic heterocycles. The first kappa shape index (κ1) is 9.99. The van der Waals surface area contributed by atoms with Crippen molar-refractivity contribution in [1.29, 1.82) is 0 Å². The van der Waals surface area contributed by atoms with Gasteiger partial charge in [-0.3, -0.25) is 4.79 Å². The van der Waals surface area contributed by atoms with Crippen molar-refractivity contribution in [2.75, 3.05) is 6.54 Å². The van der Waals surface area contributed by atoms with Gasteiger partial charge >= 0.3 is 0 Å². The molecule has 3 nitrogen and oxygen atoms in total. The largest absolute Gasteiger partial charge is 0.355 e. The quantitative estimate of drug-likeness (QED) is 0.437. The average Bonchev–Trinajstić information content (AvgIpc) is 1.97. The fourth-order valence-corrected chi connectivity index (χ4v) is 0.563. The lowest BCUT2D eigenvalue weighted by molar-refractivity contribution is -0.121. The SMILES string of the molecule is C#CCCCNC(=O)C(C)N. The minimum Gasteiger partial charge on any atom is -0.355 e. The van der Waals surface area contributed by atoms with Crippen LogP contribution in [-0.4, -0.2) is 18.5 Å².